The average Bonchev–Trinajstić information content (AvgIpc) is 3.30. The zero-order valence-corrected chi connectivity index (χ0v) is 21.4. The molecule has 0 aliphatic carbocycles. The smallest absolute Gasteiger partial charge is 0.243 e. The second-order valence-corrected chi connectivity index (χ2v) is 11.1. The van der Waals surface area contributed by atoms with Gasteiger partial charge in [-0.05, 0) is 62.4 Å². The molecule has 182 valence electrons. The zero-order valence-electron chi connectivity index (χ0n) is 19.8. The third kappa shape index (κ3) is 7.55. The molecule has 10 heteroatoms. The maximum atomic E-state index is 13.2. The topological polar surface area (TPSA) is 105 Å². The normalized spacial score (nSPS) is 12.8. The molecule has 1 heterocycles. The number of nitrogens with zero attached hydrogens (tertiary/aromatic N) is 1. The lowest BCUT2D eigenvalue weighted by atomic mass is 10.0. The molecule has 33 heavy (non-hydrogen) atoms. The zero-order chi connectivity index (χ0) is 24.6. The number of rotatable bonds is 12. The molecule has 0 fully saturated rings. The van der Waals surface area contributed by atoms with Gasteiger partial charge in [0, 0.05) is 10.4 Å². The van der Waals surface area contributed by atoms with Crippen molar-refractivity contribution < 1.29 is 22.7 Å². The number of sulfonamides is 1. The van der Waals surface area contributed by atoms with Gasteiger partial charge in [0.1, 0.15) is 11.8 Å². The summed E-state index contributed by atoms with van der Waals surface area (Å²) in [6, 6.07) is 8.91. The second kappa shape index (κ2) is 11.6. The number of carbonyl (C=O) groups is 2. The van der Waals surface area contributed by atoms with Gasteiger partial charge in [-0.1, -0.05) is 19.9 Å². The molecule has 0 aliphatic rings. The Labute approximate surface area is 200 Å². The van der Waals surface area contributed by atoms with Crippen LogP contribution in [0.4, 0.5) is 0 Å². The minimum atomic E-state index is -3.91. The van der Waals surface area contributed by atoms with Gasteiger partial charge >= 0.3 is 0 Å². The van der Waals surface area contributed by atoms with Crippen molar-refractivity contribution in [1.82, 2.24) is 14.9 Å². The molecule has 2 amide bonds. The van der Waals surface area contributed by atoms with Gasteiger partial charge in [0.05, 0.1) is 25.1 Å². The van der Waals surface area contributed by atoms with Crippen LogP contribution >= 0.6 is 11.3 Å². The van der Waals surface area contributed by atoms with Crippen molar-refractivity contribution in [1.29, 1.82) is 0 Å². The van der Waals surface area contributed by atoms with Crippen LogP contribution in [0.5, 0.6) is 5.75 Å². The lowest BCUT2D eigenvalue weighted by Gasteiger charge is -2.33. The van der Waals surface area contributed by atoms with Crippen LogP contribution in [-0.2, 0) is 26.2 Å². The summed E-state index contributed by atoms with van der Waals surface area (Å²) in [5, 5.41) is 4.90. The Kier molecular flexibility index (Phi) is 9.45. The van der Waals surface area contributed by atoms with Gasteiger partial charge in [-0.15, -0.1) is 11.3 Å². The molecule has 2 aromatic rings. The number of ether oxygens (including phenoxy) is 1. The van der Waals surface area contributed by atoms with Crippen molar-refractivity contribution >= 4 is 33.2 Å². The Morgan fingerprint density at radius 3 is 2.33 bits per heavy atom. The molecule has 0 bridgehead atoms. The van der Waals surface area contributed by atoms with Crippen LogP contribution in [0.25, 0.3) is 0 Å². The van der Waals surface area contributed by atoms with Gasteiger partial charge in [0.15, 0.2) is 0 Å². The van der Waals surface area contributed by atoms with Gasteiger partial charge in [-0.25, -0.2) is 13.1 Å². The van der Waals surface area contributed by atoms with Gasteiger partial charge < -0.3 is 15.0 Å². The lowest BCUT2D eigenvalue weighted by Crippen LogP contribution is -2.55. The molecule has 0 spiro atoms. The largest absolute Gasteiger partial charge is 0.497 e. The van der Waals surface area contributed by atoms with E-state index in [4.69, 9.17) is 4.74 Å². The molecular weight excluding hydrogens is 462 g/mol. The average molecular weight is 496 g/mol. The fourth-order valence-electron chi connectivity index (χ4n) is 3.09. The quantitative estimate of drug-likeness (QED) is 0.471. The summed E-state index contributed by atoms with van der Waals surface area (Å²) in [6.45, 7) is 7.42. The monoisotopic (exact) mass is 495 g/mol. The van der Waals surface area contributed by atoms with E-state index in [0.717, 1.165) is 11.3 Å². The standard InChI is InChI=1S/C23H33N3O5S2/c1-6-20(22(28)25-23(3,4)7-2)26(16-18-9-8-14-32-18)21(27)15-24-33(29,30)19-12-10-17(31-5)11-13-19/h8-14,20,24H,6-7,15-16H2,1-5H3,(H,25,28). The first kappa shape index (κ1) is 26.8. The molecule has 0 saturated carbocycles. The minimum Gasteiger partial charge on any atom is -0.497 e. The van der Waals surface area contributed by atoms with E-state index < -0.39 is 34.1 Å². The number of hydrogen-bond donors (Lipinski definition) is 2. The van der Waals surface area contributed by atoms with Gasteiger partial charge in [0.2, 0.25) is 21.8 Å². The van der Waals surface area contributed by atoms with Crippen LogP contribution in [0.3, 0.4) is 0 Å². The molecule has 2 rings (SSSR count). The summed E-state index contributed by atoms with van der Waals surface area (Å²) < 4.78 is 32.8. The number of carbonyl (C=O) groups excluding carboxylic acids is 2. The van der Waals surface area contributed by atoms with Gasteiger partial charge in [-0.2, -0.15) is 0 Å². The lowest BCUT2D eigenvalue weighted by molar-refractivity contribution is -0.141. The fraction of sp³-hybridized carbons (Fsp3) is 0.478. The van der Waals surface area contributed by atoms with Crippen LogP contribution in [0.1, 0.15) is 45.4 Å². The van der Waals surface area contributed by atoms with Crippen molar-refractivity contribution in [3.8, 4) is 5.75 Å². The highest BCUT2D eigenvalue weighted by Gasteiger charge is 2.32. The van der Waals surface area contributed by atoms with E-state index in [1.807, 2.05) is 45.2 Å². The molecule has 0 aliphatic heterocycles. The van der Waals surface area contributed by atoms with Crippen LogP contribution in [0.15, 0.2) is 46.7 Å². The Bertz CT molecular complexity index is 1020. The SMILES string of the molecule is CCC(C(=O)NC(C)(C)CC)N(Cc1cccs1)C(=O)CNS(=O)(=O)c1ccc(OC)cc1. The van der Waals surface area contributed by atoms with E-state index >= 15 is 0 Å². The summed E-state index contributed by atoms with van der Waals surface area (Å²) in [5.74, 6) is -0.206. The minimum absolute atomic E-state index is 0.0235. The Balaban J connectivity index is 2.21. The van der Waals surface area contributed by atoms with Crippen molar-refractivity contribution in [2.45, 2.75) is 63.6 Å². The Hall–Kier alpha value is -2.43. The van der Waals surface area contributed by atoms with E-state index in [1.165, 1.54) is 47.6 Å². The molecule has 1 unspecified atom stereocenters. The summed E-state index contributed by atoms with van der Waals surface area (Å²) in [5.41, 5.74) is -0.419. The van der Waals surface area contributed by atoms with Crippen LogP contribution in [0.2, 0.25) is 0 Å². The van der Waals surface area contributed by atoms with E-state index in [2.05, 4.69) is 10.0 Å². The summed E-state index contributed by atoms with van der Waals surface area (Å²) in [7, 11) is -2.42. The van der Waals surface area contributed by atoms with E-state index in [9.17, 15) is 18.0 Å². The number of benzene rings is 1. The predicted molar refractivity (Wildman–Crippen MR) is 130 cm³/mol. The van der Waals surface area contributed by atoms with Crippen molar-refractivity contribution in [3.05, 3.63) is 46.7 Å². The van der Waals surface area contributed by atoms with Crippen molar-refractivity contribution in [2.24, 2.45) is 0 Å². The van der Waals surface area contributed by atoms with Gasteiger partial charge in [0.25, 0.3) is 0 Å². The molecule has 8 nitrogen and oxygen atoms in total. The number of methoxy groups -OCH3 is 1. The summed E-state index contributed by atoms with van der Waals surface area (Å²) in [6.07, 6.45) is 1.13. The number of thiophene rings is 1. The molecule has 1 aromatic heterocycles. The highest BCUT2D eigenvalue weighted by atomic mass is 32.2. The van der Waals surface area contributed by atoms with E-state index in [-0.39, 0.29) is 17.3 Å². The van der Waals surface area contributed by atoms with E-state index in [0.29, 0.717) is 12.2 Å². The third-order valence-corrected chi connectivity index (χ3v) is 7.70. The van der Waals surface area contributed by atoms with Crippen molar-refractivity contribution in [3.63, 3.8) is 0 Å². The summed E-state index contributed by atoms with van der Waals surface area (Å²) in [4.78, 5) is 28.6. The first-order chi connectivity index (χ1) is 15.5. The molecular formula is C23H33N3O5S2. The Morgan fingerprint density at radius 2 is 1.82 bits per heavy atom. The second-order valence-electron chi connectivity index (χ2n) is 8.25. The van der Waals surface area contributed by atoms with Crippen LogP contribution in [0, 0.1) is 0 Å². The molecule has 2 N–H and O–H groups in total. The number of amides is 2. The molecule has 0 radical (unpaired) electrons. The number of nitrogens with one attached hydrogen (secondary N) is 2. The van der Waals surface area contributed by atoms with Crippen LogP contribution in [-0.4, -0.2) is 50.4 Å². The Morgan fingerprint density at radius 1 is 1.15 bits per heavy atom. The molecule has 0 saturated heterocycles. The summed E-state index contributed by atoms with van der Waals surface area (Å²) >= 11 is 1.47. The maximum Gasteiger partial charge on any atom is 0.243 e. The highest BCUT2D eigenvalue weighted by Crippen LogP contribution is 2.19. The fourth-order valence-corrected chi connectivity index (χ4v) is 4.77. The highest BCUT2D eigenvalue weighted by molar-refractivity contribution is 7.89. The van der Waals surface area contributed by atoms with Crippen molar-refractivity contribution in [2.75, 3.05) is 13.7 Å². The first-order valence-corrected chi connectivity index (χ1v) is 13.2. The van der Waals surface area contributed by atoms with Crippen LogP contribution < -0.4 is 14.8 Å². The third-order valence-electron chi connectivity index (χ3n) is 5.42. The maximum absolute atomic E-state index is 13.2. The number of hydrogen-bond acceptors (Lipinski definition) is 6. The molecule has 1 atom stereocenters. The van der Waals surface area contributed by atoms with Gasteiger partial charge in [-0.3, -0.25) is 9.59 Å². The first-order valence-electron chi connectivity index (χ1n) is 10.8. The van der Waals surface area contributed by atoms with E-state index in [1.54, 1.807) is 0 Å². The predicted octanol–water partition coefficient (Wildman–Crippen LogP) is 3.15. The molecule has 1 aromatic carbocycles.